The third-order valence-electron chi connectivity index (χ3n) is 7.90. The molecular weight excluding hydrogens is 579 g/mol. The van der Waals surface area contributed by atoms with Gasteiger partial charge in [-0.2, -0.15) is 4.80 Å². The Labute approximate surface area is 261 Å². The molecule has 1 heterocycles. The number of tetrazole rings is 1. The Bertz CT molecular complexity index is 1590. The average molecular weight is 617 g/mol. The Hall–Kier alpha value is -5.00. The fourth-order valence-corrected chi connectivity index (χ4v) is 5.51. The summed E-state index contributed by atoms with van der Waals surface area (Å²) in [6.07, 6.45) is 4.93. The lowest BCUT2D eigenvalue weighted by molar-refractivity contribution is -0.142. The van der Waals surface area contributed by atoms with Crippen LogP contribution in [0.25, 0.3) is 11.4 Å². The van der Waals surface area contributed by atoms with Gasteiger partial charge in [0.2, 0.25) is 17.6 Å². The summed E-state index contributed by atoms with van der Waals surface area (Å²) < 4.78 is 30.0. The molecule has 11 nitrogen and oxygen atoms in total. The predicted molar refractivity (Wildman–Crippen MR) is 164 cm³/mol. The van der Waals surface area contributed by atoms with Crippen LogP contribution >= 0.6 is 0 Å². The molecule has 3 aromatic carbocycles. The molecule has 0 spiro atoms. The molecule has 0 radical (unpaired) electrons. The number of benzene rings is 3. The summed E-state index contributed by atoms with van der Waals surface area (Å²) in [7, 11) is 4.65. The van der Waals surface area contributed by atoms with Crippen molar-refractivity contribution >= 4 is 11.8 Å². The second kappa shape index (κ2) is 14.7. The van der Waals surface area contributed by atoms with Crippen molar-refractivity contribution in [1.82, 2.24) is 30.4 Å². The van der Waals surface area contributed by atoms with Gasteiger partial charge in [-0.15, -0.1) is 10.2 Å². The van der Waals surface area contributed by atoms with Crippen LogP contribution in [0.2, 0.25) is 0 Å². The van der Waals surface area contributed by atoms with Gasteiger partial charge in [0.05, 0.1) is 21.3 Å². The fraction of sp³-hybridized carbons (Fsp3) is 0.364. The summed E-state index contributed by atoms with van der Waals surface area (Å²) in [5, 5.41) is 15.8. The highest BCUT2D eigenvalue weighted by molar-refractivity contribution is 5.89. The summed E-state index contributed by atoms with van der Waals surface area (Å²) in [4.78, 5) is 30.8. The van der Waals surface area contributed by atoms with E-state index >= 15 is 0 Å². The molecule has 45 heavy (non-hydrogen) atoms. The highest BCUT2D eigenvalue weighted by Crippen LogP contribution is 2.31. The predicted octanol–water partition coefficient (Wildman–Crippen LogP) is 4.72. The Morgan fingerprint density at radius 2 is 1.64 bits per heavy atom. The van der Waals surface area contributed by atoms with Crippen molar-refractivity contribution in [2.45, 2.75) is 57.3 Å². The zero-order valence-electron chi connectivity index (χ0n) is 25.6. The van der Waals surface area contributed by atoms with Crippen LogP contribution in [-0.2, 0) is 22.7 Å². The number of aromatic nitrogens is 4. The molecule has 2 amide bonds. The maximum atomic E-state index is 14.1. The van der Waals surface area contributed by atoms with Crippen LogP contribution in [0.5, 0.6) is 17.2 Å². The van der Waals surface area contributed by atoms with E-state index in [4.69, 9.17) is 14.2 Å². The first-order valence-electron chi connectivity index (χ1n) is 14.9. The number of nitrogens with one attached hydrogen (secondary N) is 1. The minimum absolute atomic E-state index is 0.00756. The Morgan fingerprint density at radius 1 is 0.933 bits per heavy atom. The molecule has 1 aliphatic rings. The number of amides is 2. The Balaban J connectivity index is 1.46. The van der Waals surface area contributed by atoms with E-state index in [1.54, 1.807) is 44.6 Å². The van der Waals surface area contributed by atoms with Gasteiger partial charge in [0.1, 0.15) is 24.2 Å². The largest absolute Gasteiger partial charge is 0.497 e. The third-order valence-corrected chi connectivity index (χ3v) is 7.90. The Morgan fingerprint density at radius 3 is 2.31 bits per heavy atom. The number of carbonyl (C=O) groups excluding carboxylic acids is 2. The minimum Gasteiger partial charge on any atom is -0.497 e. The average Bonchev–Trinajstić information content (AvgIpc) is 3.54. The molecule has 0 bridgehead atoms. The molecule has 4 aromatic rings. The van der Waals surface area contributed by atoms with Crippen molar-refractivity contribution in [3.05, 3.63) is 83.7 Å². The maximum Gasteiger partial charge on any atom is 0.247 e. The van der Waals surface area contributed by atoms with Crippen molar-refractivity contribution in [2.24, 2.45) is 0 Å². The first kappa shape index (κ1) is 31.4. The van der Waals surface area contributed by atoms with Gasteiger partial charge in [-0.05, 0) is 71.6 Å². The molecule has 1 atom stereocenters. The standard InChI is InChI=1S/C33H37FN6O5/c1-43-27-16-9-22(10-17-27)20-39(31(23-11-14-25(34)15-12-23)33(42)35-26-7-5-4-6-8-26)30(41)21-40-37-32(36-38-40)24-13-18-28(44-2)29(19-24)45-3/h9-19,26,31H,4-8,20-21H2,1-3H3,(H,35,42). The molecule has 5 rings (SSSR count). The zero-order chi connectivity index (χ0) is 31.8. The van der Waals surface area contributed by atoms with Gasteiger partial charge in [-0.25, -0.2) is 4.39 Å². The first-order chi connectivity index (χ1) is 21.9. The summed E-state index contributed by atoms with van der Waals surface area (Å²) in [6.45, 7) is -0.189. The zero-order valence-corrected chi connectivity index (χ0v) is 25.6. The van der Waals surface area contributed by atoms with E-state index in [1.165, 1.54) is 41.1 Å². The van der Waals surface area contributed by atoms with Crippen LogP contribution in [-0.4, -0.2) is 64.3 Å². The number of nitrogens with zero attached hydrogens (tertiary/aromatic N) is 5. The van der Waals surface area contributed by atoms with Crippen molar-refractivity contribution in [3.63, 3.8) is 0 Å². The van der Waals surface area contributed by atoms with E-state index in [0.717, 1.165) is 37.7 Å². The molecule has 12 heteroatoms. The number of methoxy groups -OCH3 is 3. The molecule has 236 valence electrons. The number of hydrogen-bond donors (Lipinski definition) is 1. The molecule has 1 saturated carbocycles. The molecular formula is C33H37FN6O5. The van der Waals surface area contributed by atoms with Gasteiger partial charge in [-0.3, -0.25) is 9.59 Å². The molecule has 1 aromatic heterocycles. The highest BCUT2D eigenvalue weighted by atomic mass is 19.1. The minimum atomic E-state index is -1.03. The number of ether oxygens (including phenoxy) is 3. The number of carbonyl (C=O) groups is 2. The van der Waals surface area contributed by atoms with Gasteiger partial charge in [0.25, 0.3) is 0 Å². The van der Waals surface area contributed by atoms with E-state index in [9.17, 15) is 14.0 Å². The van der Waals surface area contributed by atoms with Crippen molar-refractivity contribution in [3.8, 4) is 28.6 Å². The lowest BCUT2D eigenvalue weighted by Crippen LogP contribution is -2.47. The van der Waals surface area contributed by atoms with Crippen LogP contribution in [0.3, 0.4) is 0 Å². The highest BCUT2D eigenvalue weighted by Gasteiger charge is 2.33. The van der Waals surface area contributed by atoms with Crippen molar-refractivity contribution in [2.75, 3.05) is 21.3 Å². The van der Waals surface area contributed by atoms with Crippen LogP contribution in [0.15, 0.2) is 66.7 Å². The molecule has 1 N–H and O–H groups in total. The number of halogens is 1. The first-order valence-corrected chi connectivity index (χ1v) is 14.9. The van der Waals surface area contributed by atoms with Crippen molar-refractivity contribution in [1.29, 1.82) is 0 Å². The SMILES string of the molecule is COc1ccc(CN(C(=O)Cn2nnc(-c3ccc(OC)c(OC)c3)n2)C(C(=O)NC2CCCCC2)c2ccc(F)cc2)cc1. The smallest absolute Gasteiger partial charge is 0.247 e. The maximum absolute atomic E-state index is 14.1. The molecule has 1 fully saturated rings. The lowest BCUT2D eigenvalue weighted by atomic mass is 9.94. The summed E-state index contributed by atoms with van der Waals surface area (Å²) in [5.74, 6) is 0.818. The van der Waals surface area contributed by atoms with E-state index in [2.05, 4.69) is 20.7 Å². The van der Waals surface area contributed by atoms with Gasteiger partial charge >= 0.3 is 0 Å². The van der Waals surface area contributed by atoms with Crippen LogP contribution in [0.1, 0.15) is 49.3 Å². The van der Waals surface area contributed by atoms with Crippen molar-refractivity contribution < 1.29 is 28.2 Å². The Kier molecular flexibility index (Phi) is 10.2. The van der Waals surface area contributed by atoms with E-state index in [0.29, 0.717) is 28.4 Å². The summed E-state index contributed by atoms with van der Waals surface area (Å²) in [5.41, 5.74) is 1.89. The lowest BCUT2D eigenvalue weighted by Gasteiger charge is -2.33. The number of rotatable bonds is 12. The molecule has 0 saturated heterocycles. The number of hydrogen-bond acceptors (Lipinski definition) is 8. The second-order valence-corrected chi connectivity index (χ2v) is 10.9. The van der Waals surface area contributed by atoms with Gasteiger partial charge in [0.15, 0.2) is 11.5 Å². The van der Waals surface area contributed by atoms with Gasteiger partial charge in [0, 0.05) is 18.2 Å². The monoisotopic (exact) mass is 616 g/mol. The topological polar surface area (TPSA) is 121 Å². The second-order valence-electron chi connectivity index (χ2n) is 10.9. The van der Waals surface area contributed by atoms with E-state index in [-0.39, 0.29) is 30.9 Å². The summed E-state index contributed by atoms with van der Waals surface area (Å²) in [6, 6.07) is 17.1. The van der Waals surface area contributed by atoms with Crippen LogP contribution in [0, 0.1) is 5.82 Å². The molecule has 0 aliphatic heterocycles. The van der Waals surface area contributed by atoms with E-state index in [1.807, 2.05) is 12.1 Å². The van der Waals surface area contributed by atoms with Gasteiger partial charge in [-0.1, -0.05) is 43.5 Å². The van der Waals surface area contributed by atoms with Crippen LogP contribution in [0.4, 0.5) is 4.39 Å². The normalized spacial score (nSPS) is 14.0. The summed E-state index contributed by atoms with van der Waals surface area (Å²) >= 11 is 0. The fourth-order valence-electron chi connectivity index (χ4n) is 5.51. The molecule has 1 unspecified atom stereocenters. The quantitative estimate of drug-likeness (QED) is 0.243. The van der Waals surface area contributed by atoms with E-state index < -0.39 is 17.8 Å². The van der Waals surface area contributed by atoms with Crippen LogP contribution < -0.4 is 19.5 Å². The molecule has 1 aliphatic carbocycles. The van der Waals surface area contributed by atoms with Gasteiger partial charge < -0.3 is 24.4 Å². The third kappa shape index (κ3) is 7.75.